The van der Waals surface area contributed by atoms with Gasteiger partial charge in [-0.3, -0.25) is 0 Å². The number of aromatic nitrogens is 5. The van der Waals surface area contributed by atoms with Gasteiger partial charge in [0.1, 0.15) is 23.6 Å². The first-order chi connectivity index (χ1) is 9.36. The van der Waals surface area contributed by atoms with E-state index in [4.69, 9.17) is 5.26 Å². The van der Waals surface area contributed by atoms with Crippen molar-refractivity contribution in [2.75, 3.05) is 0 Å². The van der Waals surface area contributed by atoms with Crippen LogP contribution in [-0.2, 0) is 12.8 Å². The molecule has 0 radical (unpaired) electrons. The first-order valence-corrected chi connectivity index (χ1v) is 6.76. The van der Waals surface area contributed by atoms with E-state index in [0.717, 1.165) is 28.9 Å². The van der Waals surface area contributed by atoms with E-state index in [1.54, 1.807) is 16.0 Å². The van der Waals surface area contributed by atoms with Crippen molar-refractivity contribution >= 4 is 21.6 Å². The molecule has 3 heterocycles. The second-order valence-electron chi connectivity index (χ2n) is 4.36. The zero-order chi connectivity index (χ0) is 12.8. The van der Waals surface area contributed by atoms with Crippen LogP contribution in [0, 0.1) is 11.3 Å². The summed E-state index contributed by atoms with van der Waals surface area (Å²) >= 11 is 1.73. The lowest BCUT2D eigenvalue weighted by Gasteiger charge is -2.02. The minimum absolute atomic E-state index is 0.152. The van der Waals surface area contributed by atoms with E-state index < -0.39 is 0 Å². The summed E-state index contributed by atoms with van der Waals surface area (Å²) in [6, 6.07) is 1.93. The minimum atomic E-state index is 0.152. The van der Waals surface area contributed by atoms with Crippen molar-refractivity contribution in [3.8, 4) is 11.9 Å². The van der Waals surface area contributed by atoms with Crippen molar-refractivity contribution in [3.05, 3.63) is 28.9 Å². The van der Waals surface area contributed by atoms with E-state index in [0.29, 0.717) is 0 Å². The largest absolute Gasteiger partial charge is 0.252 e. The molecule has 6 nitrogen and oxygen atoms in total. The first kappa shape index (κ1) is 10.6. The van der Waals surface area contributed by atoms with Crippen LogP contribution in [0.2, 0.25) is 0 Å². The highest BCUT2D eigenvalue weighted by Gasteiger charge is 2.22. The molecule has 0 saturated carbocycles. The lowest BCUT2D eigenvalue weighted by atomic mass is 10.2. The van der Waals surface area contributed by atoms with E-state index >= 15 is 0 Å². The summed E-state index contributed by atoms with van der Waals surface area (Å²) in [4.78, 5) is 15.0. The van der Waals surface area contributed by atoms with E-state index in [-0.39, 0.29) is 5.82 Å². The Bertz CT molecular complexity index is 824. The van der Waals surface area contributed by atoms with Crippen LogP contribution in [-0.4, -0.2) is 24.7 Å². The molecule has 0 fully saturated rings. The number of nitriles is 1. The van der Waals surface area contributed by atoms with Gasteiger partial charge in [-0.2, -0.15) is 5.26 Å². The van der Waals surface area contributed by atoms with Crippen LogP contribution in [0.3, 0.4) is 0 Å². The van der Waals surface area contributed by atoms with Crippen molar-refractivity contribution in [2.24, 2.45) is 0 Å². The highest BCUT2D eigenvalue weighted by molar-refractivity contribution is 7.19. The smallest absolute Gasteiger partial charge is 0.225 e. The van der Waals surface area contributed by atoms with E-state index in [1.807, 2.05) is 6.07 Å². The fraction of sp³-hybridized carbons (Fsp3) is 0.250. The summed E-state index contributed by atoms with van der Waals surface area (Å²) in [6.45, 7) is 0. The minimum Gasteiger partial charge on any atom is -0.225 e. The quantitative estimate of drug-likeness (QED) is 0.670. The summed E-state index contributed by atoms with van der Waals surface area (Å²) in [5.41, 5.74) is 1.34. The molecular formula is C12H8N6S. The van der Waals surface area contributed by atoms with Crippen molar-refractivity contribution in [3.63, 3.8) is 0 Å². The molecule has 0 aliphatic heterocycles. The Morgan fingerprint density at radius 3 is 3.05 bits per heavy atom. The molecule has 4 rings (SSSR count). The molecular weight excluding hydrogens is 260 g/mol. The maximum Gasteiger partial charge on any atom is 0.252 e. The third-order valence-corrected chi connectivity index (χ3v) is 4.49. The Morgan fingerprint density at radius 2 is 2.21 bits per heavy atom. The molecule has 3 aromatic heterocycles. The Hall–Kier alpha value is -2.33. The van der Waals surface area contributed by atoms with Crippen molar-refractivity contribution in [2.45, 2.75) is 19.3 Å². The lowest BCUT2D eigenvalue weighted by molar-refractivity contribution is 0.842. The average Bonchev–Trinajstić information content (AvgIpc) is 3.12. The third kappa shape index (κ3) is 1.47. The number of rotatable bonds is 1. The Kier molecular flexibility index (Phi) is 2.13. The molecule has 7 heteroatoms. The molecule has 1 aliphatic carbocycles. The summed E-state index contributed by atoms with van der Waals surface area (Å²) in [6.07, 6.45) is 6.44. The van der Waals surface area contributed by atoms with Crippen LogP contribution >= 0.6 is 11.3 Å². The molecule has 0 bridgehead atoms. The predicted molar refractivity (Wildman–Crippen MR) is 69.1 cm³/mol. The molecule has 0 unspecified atom stereocenters. The second kappa shape index (κ2) is 3.83. The van der Waals surface area contributed by atoms with E-state index in [9.17, 15) is 0 Å². The summed E-state index contributed by atoms with van der Waals surface area (Å²) in [7, 11) is 0. The number of fused-ring (bicyclic) bond motifs is 3. The maximum absolute atomic E-state index is 8.81. The summed E-state index contributed by atoms with van der Waals surface area (Å²) in [5, 5.41) is 14.0. The molecule has 0 N–H and O–H groups in total. The maximum atomic E-state index is 8.81. The predicted octanol–water partition coefficient (Wildman–Crippen LogP) is 1.63. The van der Waals surface area contributed by atoms with Gasteiger partial charge in [-0.1, -0.05) is 0 Å². The van der Waals surface area contributed by atoms with E-state index in [2.05, 4.69) is 20.1 Å². The van der Waals surface area contributed by atoms with Crippen LogP contribution in [0.25, 0.3) is 16.0 Å². The van der Waals surface area contributed by atoms with Crippen molar-refractivity contribution in [1.29, 1.82) is 5.26 Å². The Morgan fingerprint density at radius 1 is 1.26 bits per heavy atom. The second-order valence-corrected chi connectivity index (χ2v) is 5.44. The normalized spacial score (nSPS) is 13.6. The van der Waals surface area contributed by atoms with Gasteiger partial charge in [0.25, 0.3) is 5.82 Å². The molecule has 1 aliphatic rings. The standard InChI is InChI=1S/C12H8N6S/c13-4-9-16-6-18(17-9)11-10-7-2-1-3-8(7)19-12(10)15-5-14-11/h5-6H,1-3H2. The average molecular weight is 268 g/mol. The van der Waals surface area contributed by atoms with Crippen molar-refractivity contribution < 1.29 is 0 Å². The number of hydrogen-bond donors (Lipinski definition) is 0. The topological polar surface area (TPSA) is 80.3 Å². The van der Waals surface area contributed by atoms with Crippen LogP contribution in [0.4, 0.5) is 0 Å². The zero-order valence-corrected chi connectivity index (χ0v) is 10.7. The van der Waals surface area contributed by atoms with Gasteiger partial charge in [0, 0.05) is 4.88 Å². The molecule has 0 spiro atoms. The third-order valence-electron chi connectivity index (χ3n) is 3.29. The van der Waals surface area contributed by atoms with Crippen molar-refractivity contribution in [1.82, 2.24) is 24.7 Å². The highest BCUT2D eigenvalue weighted by atomic mass is 32.1. The van der Waals surface area contributed by atoms with E-state index in [1.165, 1.54) is 29.5 Å². The van der Waals surface area contributed by atoms with Gasteiger partial charge < -0.3 is 0 Å². The van der Waals surface area contributed by atoms with Crippen LogP contribution in [0.1, 0.15) is 22.7 Å². The molecule has 0 atom stereocenters. The zero-order valence-electron chi connectivity index (χ0n) is 9.87. The van der Waals surface area contributed by atoms with Gasteiger partial charge in [-0.25, -0.2) is 19.6 Å². The van der Waals surface area contributed by atoms with Crippen LogP contribution in [0.5, 0.6) is 0 Å². The summed E-state index contributed by atoms with van der Waals surface area (Å²) < 4.78 is 1.56. The number of hydrogen-bond acceptors (Lipinski definition) is 6. The highest BCUT2D eigenvalue weighted by Crippen LogP contribution is 2.38. The molecule has 19 heavy (non-hydrogen) atoms. The summed E-state index contributed by atoms with van der Waals surface area (Å²) in [5.74, 6) is 0.872. The fourth-order valence-electron chi connectivity index (χ4n) is 2.50. The fourth-order valence-corrected chi connectivity index (χ4v) is 3.73. The molecule has 3 aromatic rings. The number of nitrogens with zero attached hydrogens (tertiary/aromatic N) is 6. The van der Waals surface area contributed by atoms with Crippen LogP contribution < -0.4 is 0 Å². The Labute approximate surface area is 112 Å². The number of thiophene rings is 1. The van der Waals surface area contributed by atoms with Gasteiger partial charge >= 0.3 is 0 Å². The monoisotopic (exact) mass is 268 g/mol. The molecule has 92 valence electrons. The first-order valence-electron chi connectivity index (χ1n) is 5.94. The Balaban J connectivity index is 2.02. The van der Waals surface area contributed by atoms with Gasteiger partial charge in [0.15, 0.2) is 5.82 Å². The number of aryl methyl sites for hydroxylation is 2. The molecule has 0 amide bonds. The molecule has 0 aromatic carbocycles. The van der Waals surface area contributed by atoms with Gasteiger partial charge in [-0.15, -0.1) is 16.4 Å². The van der Waals surface area contributed by atoms with Gasteiger partial charge in [0.05, 0.1) is 5.39 Å². The lowest BCUT2D eigenvalue weighted by Crippen LogP contribution is -2.00. The van der Waals surface area contributed by atoms with Gasteiger partial charge in [-0.05, 0) is 24.8 Å². The van der Waals surface area contributed by atoms with Crippen LogP contribution in [0.15, 0.2) is 12.7 Å². The van der Waals surface area contributed by atoms with Gasteiger partial charge in [0.2, 0.25) is 0 Å². The SMILES string of the molecule is N#Cc1ncn(-c2ncnc3sc4c(c23)CCC4)n1. The molecule has 0 saturated heterocycles.